The highest BCUT2D eigenvalue weighted by Gasteiger charge is 2.12. The summed E-state index contributed by atoms with van der Waals surface area (Å²) in [6.45, 7) is 1.85. The lowest BCUT2D eigenvalue weighted by Crippen LogP contribution is -1.89. The zero-order valence-electron chi connectivity index (χ0n) is 9.02. The van der Waals surface area contributed by atoms with Gasteiger partial charge in [-0.15, -0.1) is 0 Å². The van der Waals surface area contributed by atoms with Crippen LogP contribution in [0.5, 0.6) is 11.5 Å². The number of aromatic nitrogens is 1. The van der Waals surface area contributed by atoms with Gasteiger partial charge in [0.15, 0.2) is 0 Å². The van der Waals surface area contributed by atoms with Gasteiger partial charge in [0.25, 0.3) is 0 Å². The molecule has 1 aromatic heterocycles. The standard InChI is InChI=1S/C11H12N2O3/c1-6-3-9(14)7(4-10(6)15-2)8-5-11(12)16-13-8/h3-5,14H,12H2,1-2H3. The van der Waals surface area contributed by atoms with E-state index < -0.39 is 0 Å². The Morgan fingerprint density at radius 3 is 2.69 bits per heavy atom. The molecule has 0 aliphatic rings. The predicted molar refractivity (Wildman–Crippen MR) is 59.3 cm³/mol. The van der Waals surface area contributed by atoms with Crippen LogP contribution in [0.15, 0.2) is 22.7 Å². The summed E-state index contributed by atoms with van der Waals surface area (Å²) in [5, 5.41) is 13.5. The Morgan fingerprint density at radius 1 is 1.38 bits per heavy atom. The van der Waals surface area contributed by atoms with Crippen molar-refractivity contribution in [2.24, 2.45) is 0 Å². The predicted octanol–water partition coefficient (Wildman–Crippen LogP) is 1.95. The number of benzene rings is 1. The van der Waals surface area contributed by atoms with Crippen molar-refractivity contribution < 1.29 is 14.4 Å². The Morgan fingerprint density at radius 2 is 2.12 bits per heavy atom. The van der Waals surface area contributed by atoms with Crippen LogP contribution < -0.4 is 10.5 Å². The second-order valence-electron chi connectivity index (χ2n) is 3.45. The fourth-order valence-electron chi connectivity index (χ4n) is 1.51. The topological polar surface area (TPSA) is 81.5 Å². The van der Waals surface area contributed by atoms with Crippen molar-refractivity contribution in [3.05, 3.63) is 23.8 Å². The fourth-order valence-corrected chi connectivity index (χ4v) is 1.51. The molecule has 3 N–H and O–H groups in total. The molecular formula is C11H12N2O3. The normalized spacial score (nSPS) is 10.4. The summed E-state index contributed by atoms with van der Waals surface area (Å²) in [5.74, 6) is 0.995. The molecule has 0 amide bonds. The van der Waals surface area contributed by atoms with Crippen molar-refractivity contribution in [3.63, 3.8) is 0 Å². The van der Waals surface area contributed by atoms with Crippen LogP contribution in [-0.2, 0) is 0 Å². The zero-order chi connectivity index (χ0) is 11.7. The van der Waals surface area contributed by atoms with Gasteiger partial charge in [0.1, 0.15) is 17.2 Å². The first-order valence-corrected chi connectivity index (χ1v) is 4.72. The van der Waals surface area contributed by atoms with Gasteiger partial charge in [-0.1, -0.05) is 5.16 Å². The molecule has 0 unspecified atom stereocenters. The number of ether oxygens (including phenoxy) is 1. The summed E-state index contributed by atoms with van der Waals surface area (Å²) in [5.41, 5.74) is 7.28. The molecule has 0 saturated heterocycles. The summed E-state index contributed by atoms with van der Waals surface area (Å²) >= 11 is 0. The van der Waals surface area contributed by atoms with E-state index in [0.717, 1.165) is 5.56 Å². The van der Waals surface area contributed by atoms with Gasteiger partial charge in [-0.2, -0.15) is 0 Å². The molecule has 0 saturated carbocycles. The maximum atomic E-state index is 9.80. The summed E-state index contributed by atoms with van der Waals surface area (Å²) in [6, 6.07) is 4.85. The number of phenols is 1. The Bertz CT molecular complexity index is 520. The average molecular weight is 220 g/mol. The third-order valence-electron chi connectivity index (χ3n) is 2.32. The molecule has 16 heavy (non-hydrogen) atoms. The van der Waals surface area contributed by atoms with Gasteiger partial charge in [0.05, 0.1) is 7.11 Å². The van der Waals surface area contributed by atoms with Crippen molar-refractivity contribution in [2.45, 2.75) is 6.92 Å². The first-order valence-electron chi connectivity index (χ1n) is 4.72. The summed E-state index contributed by atoms with van der Waals surface area (Å²) in [6.07, 6.45) is 0. The van der Waals surface area contributed by atoms with E-state index in [2.05, 4.69) is 5.16 Å². The first kappa shape index (κ1) is 10.4. The first-order chi connectivity index (χ1) is 7.61. The molecule has 0 spiro atoms. The van der Waals surface area contributed by atoms with Crippen LogP contribution in [-0.4, -0.2) is 17.4 Å². The lowest BCUT2D eigenvalue weighted by atomic mass is 10.1. The molecule has 1 heterocycles. The third kappa shape index (κ3) is 1.67. The lowest BCUT2D eigenvalue weighted by Gasteiger charge is -2.07. The average Bonchev–Trinajstić information content (AvgIpc) is 2.65. The van der Waals surface area contributed by atoms with Gasteiger partial charge in [0, 0.05) is 11.6 Å². The second kappa shape index (κ2) is 3.77. The number of aromatic hydroxyl groups is 1. The zero-order valence-corrected chi connectivity index (χ0v) is 9.02. The molecule has 0 bridgehead atoms. The highest BCUT2D eigenvalue weighted by atomic mass is 16.5. The largest absolute Gasteiger partial charge is 0.507 e. The lowest BCUT2D eigenvalue weighted by molar-refractivity contribution is 0.409. The molecule has 1 aromatic carbocycles. The van der Waals surface area contributed by atoms with Crippen LogP contribution in [0.2, 0.25) is 0 Å². The second-order valence-corrected chi connectivity index (χ2v) is 3.45. The number of aryl methyl sites for hydroxylation is 1. The Hall–Kier alpha value is -2.17. The third-order valence-corrected chi connectivity index (χ3v) is 2.32. The van der Waals surface area contributed by atoms with Gasteiger partial charge in [-0.05, 0) is 24.6 Å². The minimum absolute atomic E-state index is 0.117. The number of nitrogens with zero attached hydrogens (tertiary/aromatic N) is 1. The number of hydrogen-bond donors (Lipinski definition) is 2. The van der Waals surface area contributed by atoms with Crippen LogP contribution in [0.4, 0.5) is 5.88 Å². The maximum absolute atomic E-state index is 9.80. The monoisotopic (exact) mass is 220 g/mol. The van der Waals surface area contributed by atoms with E-state index in [1.54, 1.807) is 25.3 Å². The molecule has 0 atom stereocenters. The van der Waals surface area contributed by atoms with Crippen molar-refractivity contribution in [2.75, 3.05) is 12.8 Å². The van der Waals surface area contributed by atoms with E-state index in [0.29, 0.717) is 17.0 Å². The molecule has 0 fully saturated rings. The summed E-state index contributed by atoms with van der Waals surface area (Å²) in [7, 11) is 1.57. The Kier molecular flexibility index (Phi) is 2.44. The number of methoxy groups -OCH3 is 1. The van der Waals surface area contributed by atoms with Crippen molar-refractivity contribution in [1.82, 2.24) is 5.16 Å². The van der Waals surface area contributed by atoms with Crippen molar-refractivity contribution in [1.29, 1.82) is 0 Å². The van der Waals surface area contributed by atoms with Crippen LogP contribution in [0.25, 0.3) is 11.3 Å². The molecule has 2 aromatic rings. The number of hydrogen-bond acceptors (Lipinski definition) is 5. The van der Waals surface area contributed by atoms with Gasteiger partial charge in [-0.3, -0.25) is 0 Å². The van der Waals surface area contributed by atoms with E-state index in [1.165, 1.54) is 0 Å². The van der Waals surface area contributed by atoms with E-state index in [1.807, 2.05) is 6.92 Å². The molecule has 0 radical (unpaired) electrons. The Labute approximate surface area is 92.4 Å². The molecule has 5 heteroatoms. The molecule has 0 aliphatic carbocycles. The minimum Gasteiger partial charge on any atom is -0.507 e. The molecule has 84 valence electrons. The highest BCUT2D eigenvalue weighted by molar-refractivity contribution is 5.70. The number of phenolic OH excluding ortho intramolecular Hbond substituents is 1. The van der Waals surface area contributed by atoms with Gasteiger partial charge in [-0.25, -0.2) is 0 Å². The van der Waals surface area contributed by atoms with E-state index >= 15 is 0 Å². The van der Waals surface area contributed by atoms with Crippen molar-refractivity contribution >= 4 is 5.88 Å². The number of anilines is 1. The minimum atomic E-state index is 0.117. The van der Waals surface area contributed by atoms with Crippen molar-refractivity contribution in [3.8, 4) is 22.8 Å². The van der Waals surface area contributed by atoms with Crippen LogP contribution in [0.3, 0.4) is 0 Å². The highest BCUT2D eigenvalue weighted by Crippen LogP contribution is 2.34. The SMILES string of the molecule is COc1cc(-c2cc(N)on2)c(O)cc1C. The van der Waals surface area contributed by atoms with E-state index in [4.69, 9.17) is 15.0 Å². The van der Waals surface area contributed by atoms with Gasteiger partial charge < -0.3 is 20.1 Å². The maximum Gasteiger partial charge on any atom is 0.222 e. The number of rotatable bonds is 2. The smallest absolute Gasteiger partial charge is 0.222 e. The van der Waals surface area contributed by atoms with Crippen LogP contribution in [0.1, 0.15) is 5.56 Å². The van der Waals surface area contributed by atoms with E-state index in [-0.39, 0.29) is 11.6 Å². The number of nitrogens with two attached hydrogens (primary N) is 1. The quantitative estimate of drug-likeness (QED) is 0.808. The molecule has 2 rings (SSSR count). The number of nitrogen functional groups attached to an aromatic ring is 1. The summed E-state index contributed by atoms with van der Waals surface area (Å²) in [4.78, 5) is 0. The van der Waals surface area contributed by atoms with Gasteiger partial charge in [0.2, 0.25) is 5.88 Å². The summed E-state index contributed by atoms with van der Waals surface area (Å²) < 4.78 is 9.92. The van der Waals surface area contributed by atoms with Gasteiger partial charge >= 0.3 is 0 Å². The molecular weight excluding hydrogens is 208 g/mol. The van der Waals surface area contributed by atoms with E-state index in [9.17, 15) is 5.11 Å². The molecule has 5 nitrogen and oxygen atoms in total. The fraction of sp³-hybridized carbons (Fsp3) is 0.182. The molecule has 0 aliphatic heterocycles. The van der Waals surface area contributed by atoms with Crippen LogP contribution in [0, 0.1) is 6.92 Å². The van der Waals surface area contributed by atoms with Crippen LogP contribution >= 0.6 is 0 Å². The Balaban J connectivity index is 2.56.